The van der Waals surface area contributed by atoms with Gasteiger partial charge in [-0.05, 0) is 6.26 Å². The van der Waals surface area contributed by atoms with Crippen molar-refractivity contribution in [2.75, 3.05) is 25.2 Å². The zero-order valence-electron chi connectivity index (χ0n) is 9.97. The maximum Gasteiger partial charge on any atom is 0.311 e. The van der Waals surface area contributed by atoms with E-state index in [0.29, 0.717) is 17.7 Å². The molecule has 1 aromatic rings. The molecule has 0 radical (unpaired) electrons. The molecule has 0 aliphatic carbocycles. The highest BCUT2D eigenvalue weighted by molar-refractivity contribution is 7.99. The molecule has 6 nitrogen and oxygen atoms in total. The van der Waals surface area contributed by atoms with Crippen molar-refractivity contribution in [3.05, 3.63) is 22.2 Å². The number of hydrogen-bond acceptors (Lipinski definition) is 6. The Kier molecular flexibility index (Phi) is 5.02. The number of ether oxygens (including phenoxy) is 1. The van der Waals surface area contributed by atoms with Crippen LogP contribution in [0.5, 0.6) is 5.88 Å². The highest BCUT2D eigenvalue weighted by atomic mass is 32.2. The van der Waals surface area contributed by atoms with Crippen molar-refractivity contribution in [2.24, 2.45) is 0 Å². The number of thioether (sulfide) groups is 1. The molecule has 94 valence electrons. The van der Waals surface area contributed by atoms with Crippen LogP contribution in [0.25, 0.3) is 0 Å². The second kappa shape index (κ2) is 6.29. The first-order valence-corrected chi connectivity index (χ1v) is 6.33. The smallest absolute Gasteiger partial charge is 0.311 e. The van der Waals surface area contributed by atoms with Crippen LogP contribution in [0.4, 0.5) is 11.5 Å². The zero-order valence-corrected chi connectivity index (χ0v) is 10.8. The highest BCUT2D eigenvalue weighted by Crippen LogP contribution is 2.25. The minimum Gasteiger partial charge on any atom is -0.481 e. The number of hydrogen-bond donors (Lipinski definition) is 1. The molecule has 7 heteroatoms. The Balaban J connectivity index is 2.89. The summed E-state index contributed by atoms with van der Waals surface area (Å²) in [6.07, 6.45) is 1.99. The van der Waals surface area contributed by atoms with E-state index in [0.717, 1.165) is 0 Å². The van der Waals surface area contributed by atoms with Gasteiger partial charge in [-0.1, -0.05) is 6.92 Å². The van der Waals surface area contributed by atoms with E-state index >= 15 is 0 Å². The maximum atomic E-state index is 10.8. The first-order chi connectivity index (χ1) is 8.08. The fourth-order valence-corrected chi connectivity index (χ4v) is 1.40. The number of nitro groups is 1. The summed E-state index contributed by atoms with van der Waals surface area (Å²) in [5.41, 5.74) is -0.0425. The molecule has 1 unspecified atom stereocenters. The lowest BCUT2D eigenvalue weighted by Crippen LogP contribution is -2.14. The predicted octanol–water partition coefficient (Wildman–Crippen LogP) is 2.16. The van der Waals surface area contributed by atoms with Crippen molar-refractivity contribution in [1.29, 1.82) is 0 Å². The molecule has 1 rings (SSSR count). The van der Waals surface area contributed by atoms with Gasteiger partial charge in [-0.15, -0.1) is 0 Å². The van der Waals surface area contributed by atoms with E-state index in [1.54, 1.807) is 11.8 Å². The number of anilines is 1. The molecular weight excluding hydrogens is 242 g/mol. The van der Waals surface area contributed by atoms with Gasteiger partial charge < -0.3 is 10.1 Å². The van der Waals surface area contributed by atoms with Gasteiger partial charge in [0.25, 0.3) is 0 Å². The van der Waals surface area contributed by atoms with Crippen molar-refractivity contribution >= 4 is 23.3 Å². The summed E-state index contributed by atoms with van der Waals surface area (Å²) >= 11 is 1.68. The third-order valence-electron chi connectivity index (χ3n) is 2.21. The van der Waals surface area contributed by atoms with Crippen LogP contribution < -0.4 is 10.1 Å². The number of rotatable bonds is 6. The molecule has 1 atom stereocenters. The molecule has 0 aliphatic rings. The Bertz CT molecular complexity index is 400. The molecule has 0 saturated carbocycles. The van der Waals surface area contributed by atoms with Gasteiger partial charge >= 0.3 is 5.69 Å². The Morgan fingerprint density at radius 1 is 1.65 bits per heavy atom. The molecule has 0 amide bonds. The van der Waals surface area contributed by atoms with Crippen molar-refractivity contribution in [2.45, 2.75) is 12.2 Å². The van der Waals surface area contributed by atoms with Crippen LogP contribution in [0.3, 0.4) is 0 Å². The second-order valence-corrected chi connectivity index (χ2v) is 4.68. The monoisotopic (exact) mass is 257 g/mol. The second-order valence-electron chi connectivity index (χ2n) is 3.41. The molecule has 0 spiro atoms. The largest absolute Gasteiger partial charge is 0.481 e. The van der Waals surface area contributed by atoms with Gasteiger partial charge in [-0.25, -0.2) is 0 Å². The average Bonchev–Trinajstić information content (AvgIpc) is 2.35. The van der Waals surface area contributed by atoms with Crippen molar-refractivity contribution in [3.8, 4) is 5.88 Å². The quantitative estimate of drug-likeness (QED) is 0.621. The third-order valence-corrected chi connectivity index (χ3v) is 3.18. The van der Waals surface area contributed by atoms with Crippen LogP contribution in [0.2, 0.25) is 0 Å². The van der Waals surface area contributed by atoms with E-state index in [1.165, 1.54) is 19.2 Å². The summed E-state index contributed by atoms with van der Waals surface area (Å²) < 4.78 is 4.94. The Morgan fingerprint density at radius 3 is 2.88 bits per heavy atom. The van der Waals surface area contributed by atoms with Crippen LogP contribution >= 0.6 is 11.8 Å². The molecule has 1 N–H and O–H groups in total. The summed E-state index contributed by atoms with van der Waals surface area (Å²) in [7, 11) is 1.47. The number of aromatic nitrogens is 1. The summed E-state index contributed by atoms with van der Waals surface area (Å²) in [6.45, 7) is 2.64. The molecule has 1 heterocycles. The number of nitrogens with one attached hydrogen (secondary N) is 1. The number of nitrogens with zero attached hydrogens (tertiary/aromatic N) is 2. The fraction of sp³-hybridized carbons (Fsp3) is 0.500. The van der Waals surface area contributed by atoms with E-state index in [4.69, 9.17) is 4.74 Å². The van der Waals surface area contributed by atoms with Crippen molar-refractivity contribution in [3.63, 3.8) is 0 Å². The fourth-order valence-electron chi connectivity index (χ4n) is 1.15. The van der Waals surface area contributed by atoms with Crippen LogP contribution in [0.15, 0.2) is 12.1 Å². The summed E-state index contributed by atoms with van der Waals surface area (Å²) in [5.74, 6) is 0.602. The lowest BCUT2D eigenvalue weighted by atomic mass is 10.3. The first-order valence-electron chi connectivity index (χ1n) is 5.04. The Morgan fingerprint density at radius 2 is 2.35 bits per heavy atom. The van der Waals surface area contributed by atoms with E-state index in [2.05, 4.69) is 10.3 Å². The van der Waals surface area contributed by atoms with E-state index in [-0.39, 0.29) is 11.5 Å². The zero-order chi connectivity index (χ0) is 12.8. The van der Waals surface area contributed by atoms with Gasteiger partial charge in [0.1, 0.15) is 0 Å². The standard InChI is InChI=1S/C10H15N3O3S/c1-7(17-3)6-11-10-8(13(14)15)4-5-9(12-10)16-2/h4-5,7H,6H2,1-3H3,(H,11,12). The minimum atomic E-state index is -0.460. The maximum absolute atomic E-state index is 10.8. The molecule has 17 heavy (non-hydrogen) atoms. The summed E-state index contributed by atoms with van der Waals surface area (Å²) in [5, 5.41) is 14.1. The van der Waals surface area contributed by atoms with Crippen LogP contribution in [-0.4, -0.2) is 35.1 Å². The Labute approximate surface area is 104 Å². The normalized spacial score (nSPS) is 11.9. The summed E-state index contributed by atoms with van der Waals surface area (Å²) in [6, 6.07) is 2.86. The summed E-state index contributed by atoms with van der Waals surface area (Å²) in [4.78, 5) is 14.4. The number of pyridine rings is 1. The molecule has 0 bridgehead atoms. The van der Waals surface area contributed by atoms with E-state index in [1.807, 2.05) is 13.2 Å². The molecule has 0 saturated heterocycles. The van der Waals surface area contributed by atoms with E-state index in [9.17, 15) is 10.1 Å². The minimum absolute atomic E-state index is 0.0425. The molecule has 0 aliphatic heterocycles. The Hall–Kier alpha value is -1.50. The van der Waals surface area contributed by atoms with Gasteiger partial charge in [-0.2, -0.15) is 16.7 Å². The third kappa shape index (κ3) is 3.77. The predicted molar refractivity (Wildman–Crippen MR) is 68.9 cm³/mol. The van der Waals surface area contributed by atoms with Gasteiger partial charge in [0.2, 0.25) is 11.7 Å². The molecule has 0 aromatic carbocycles. The SMILES string of the molecule is COc1ccc([N+](=O)[O-])c(NCC(C)SC)n1. The highest BCUT2D eigenvalue weighted by Gasteiger charge is 2.16. The van der Waals surface area contributed by atoms with E-state index < -0.39 is 4.92 Å². The average molecular weight is 257 g/mol. The van der Waals surface area contributed by atoms with Gasteiger partial charge in [0, 0.05) is 23.9 Å². The lowest BCUT2D eigenvalue weighted by Gasteiger charge is -2.11. The topological polar surface area (TPSA) is 77.3 Å². The van der Waals surface area contributed by atoms with Crippen LogP contribution in [-0.2, 0) is 0 Å². The van der Waals surface area contributed by atoms with Crippen molar-refractivity contribution in [1.82, 2.24) is 4.98 Å². The molecule has 0 fully saturated rings. The first kappa shape index (κ1) is 13.6. The van der Waals surface area contributed by atoms with Gasteiger partial charge in [-0.3, -0.25) is 10.1 Å². The van der Waals surface area contributed by atoms with Crippen molar-refractivity contribution < 1.29 is 9.66 Å². The molecular formula is C10H15N3O3S. The lowest BCUT2D eigenvalue weighted by molar-refractivity contribution is -0.384. The van der Waals surface area contributed by atoms with Gasteiger partial charge in [0.05, 0.1) is 12.0 Å². The van der Waals surface area contributed by atoms with Gasteiger partial charge in [0.15, 0.2) is 0 Å². The van der Waals surface area contributed by atoms with Crippen LogP contribution in [0, 0.1) is 10.1 Å². The molecule has 1 aromatic heterocycles. The van der Waals surface area contributed by atoms with Crippen LogP contribution in [0.1, 0.15) is 6.92 Å². The number of methoxy groups -OCH3 is 1.